The Morgan fingerprint density at radius 3 is 2.30 bits per heavy atom. The molecule has 0 bridgehead atoms. The van der Waals surface area contributed by atoms with Crippen molar-refractivity contribution >= 4 is 16.4 Å². The number of aromatic nitrogens is 2. The summed E-state index contributed by atoms with van der Waals surface area (Å²) in [5.74, 6) is 0.454. The summed E-state index contributed by atoms with van der Waals surface area (Å²) in [4.78, 5) is 1.82. The van der Waals surface area contributed by atoms with E-state index in [-0.39, 0.29) is 10.8 Å². The van der Waals surface area contributed by atoms with Crippen LogP contribution in [-0.4, -0.2) is 42.9 Å². The van der Waals surface area contributed by atoms with Crippen molar-refractivity contribution in [3.8, 4) is 22.9 Å². The maximum absolute atomic E-state index is 12.7. The molecule has 3 aromatic rings. The van der Waals surface area contributed by atoms with E-state index < -0.39 is 10.0 Å². The van der Waals surface area contributed by atoms with Crippen LogP contribution < -0.4 is 0 Å². The first kappa shape index (κ1) is 18.8. The van der Waals surface area contributed by atoms with Crippen molar-refractivity contribution in [1.82, 2.24) is 15.1 Å². The van der Waals surface area contributed by atoms with Gasteiger partial charge in [-0.2, -0.15) is 8.42 Å². The molecule has 140 valence electrons. The molecule has 0 N–H and O–H groups in total. The van der Waals surface area contributed by atoms with Gasteiger partial charge in [-0.25, -0.2) is 0 Å². The molecular formula is C19H20N4O3S. The van der Waals surface area contributed by atoms with Crippen LogP contribution in [0.15, 0.2) is 68.3 Å². The highest BCUT2D eigenvalue weighted by molar-refractivity contribution is 7.90. The van der Waals surface area contributed by atoms with E-state index in [1.807, 2.05) is 44.2 Å². The summed E-state index contributed by atoms with van der Waals surface area (Å²) < 4.78 is 35.0. The summed E-state index contributed by atoms with van der Waals surface area (Å²) >= 11 is 0. The number of benzene rings is 2. The van der Waals surface area contributed by atoms with Crippen molar-refractivity contribution in [2.45, 2.75) is 18.7 Å². The van der Waals surface area contributed by atoms with E-state index in [0.717, 1.165) is 5.56 Å². The predicted molar refractivity (Wildman–Crippen MR) is 104 cm³/mol. The zero-order valence-electron chi connectivity index (χ0n) is 15.1. The van der Waals surface area contributed by atoms with Crippen molar-refractivity contribution < 1.29 is 12.8 Å². The van der Waals surface area contributed by atoms with E-state index in [1.54, 1.807) is 23.1 Å². The largest absolute Gasteiger partial charge is 0.416 e. The molecule has 0 aliphatic heterocycles. The average Bonchev–Trinajstić information content (AvgIpc) is 3.19. The van der Waals surface area contributed by atoms with Crippen molar-refractivity contribution in [2.75, 3.05) is 13.1 Å². The molecule has 0 aliphatic carbocycles. The number of nitrogens with zero attached hydrogens (tertiary/aromatic N) is 4. The molecule has 0 unspecified atom stereocenters. The number of rotatable bonds is 7. The van der Waals surface area contributed by atoms with Crippen LogP contribution in [0.4, 0.5) is 0 Å². The SMILES string of the molecule is CCN(C=NS(=O)(=O)c1ccccc1-c1nnc(-c2ccccc2)o1)CC. The Kier molecular flexibility index (Phi) is 5.66. The van der Waals surface area contributed by atoms with Gasteiger partial charge in [0.05, 0.1) is 5.56 Å². The van der Waals surface area contributed by atoms with Crippen molar-refractivity contribution in [1.29, 1.82) is 0 Å². The first-order valence-electron chi connectivity index (χ1n) is 8.58. The summed E-state index contributed by atoms with van der Waals surface area (Å²) in [6.07, 6.45) is 1.34. The molecule has 0 radical (unpaired) electrons. The second-order valence-corrected chi connectivity index (χ2v) is 7.29. The maximum atomic E-state index is 12.7. The quantitative estimate of drug-likeness (QED) is 0.458. The molecule has 7 nitrogen and oxygen atoms in total. The van der Waals surface area contributed by atoms with E-state index in [0.29, 0.717) is 24.5 Å². The normalized spacial score (nSPS) is 11.8. The number of hydrogen-bond donors (Lipinski definition) is 0. The lowest BCUT2D eigenvalue weighted by Crippen LogP contribution is -2.21. The molecule has 8 heteroatoms. The Balaban J connectivity index is 1.99. The van der Waals surface area contributed by atoms with E-state index in [1.165, 1.54) is 12.4 Å². The molecule has 1 heterocycles. The Hall–Kier alpha value is -3.00. The van der Waals surface area contributed by atoms with E-state index in [9.17, 15) is 8.42 Å². The lowest BCUT2D eigenvalue weighted by Gasteiger charge is -2.13. The summed E-state index contributed by atoms with van der Waals surface area (Å²) in [5, 5.41) is 8.05. The van der Waals surface area contributed by atoms with Crippen LogP contribution in [0.2, 0.25) is 0 Å². The number of hydrogen-bond acceptors (Lipinski definition) is 5. The van der Waals surface area contributed by atoms with Gasteiger partial charge in [0.15, 0.2) is 0 Å². The van der Waals surface area contributed by atoms with Crippen LogP contribution in [0, 0.1) is 0 Å². The third-order valence-electron chi connectivity index (χ3n) is 4.00. The van der Waals surface area contributed by atoms with Crippen molar-refractivity contribution in [3.05, 3.63) is 54.6 Å². The Labute approximate surface area is 158 Å². The monoisotopic (exact) mass is 384 g/mol. The molecule has 27 heavy (non-hydrogen) atoms. The Bertz CT molecular complexity index is 1030. The van der Waals surface area contributed by atoms with Crippen LogP contribution in [0.25, 0.3) is 22.9 Å². The highest BCUT2D eigenvalue weighted by Crippen LogP contribution is 2.29. The van der Waals surface area contributed by atoms with Crippen LogP contribution in [0.3, 0.4) is 0 Å². The second-order valence-electron chi connectivity index (χ2n) is 5.69. The average molecular weight is 384 g/mol. The van der Waals surface area contributed by atoms with Crippen LogP contribution >= 0.6 is 0 Å². The molecule has 0 spiro atoms. The molecule has 0 atom stereocenters. The molecule has 0 amide bonds. The predicted octanol–water partition coefficient (Wildman–Crippen LogP) is 3.46. The summed E-state index contributed by atoms with van der Waals surface area (Å²) in [6, 6.07) is 15.8. The fraction of sp³-hybridized carbons (Fsp3) is 0.211. The standard InChI is InChI=1S/C19H20N4O3S/c1-3-23(4-2)14-20-27(24,25)17-13-9-8-12-16(17)19-22-21-18(26-19)15-10-6-5-7-11-15/h5-14H,3-4H2,1-2H3. The van der Waals surface area contributed by atoms with Crippen LogP contribution in [-0.2, 0) is 10.0 Å². The topological polar surface area (TPSA) is 88.7 Å². The Morgan fingerprint density at radius 1 is 0.963 bits per heavy atom. The van der Waals surface area contributed by atoms with Gasteiger partial charge in [-0.05, 0) is 38.1 Å². The van der Waals surface area contributed by atoms with Crippen molar-refractivity contribution in [3.63, 3.8) is 0 Å². The minimum absolute atomic E-state index is 0.0247. The first-order valence-corrected chi connectivity index (χ1v) is 10.0. The van der Waals surface area contributed by atoms with Gasteiger partial charge >= 0.3 is 0 Å². The minimum Gasteiger partial charge on any atom is -0.416 e. The van der Waals surface area contributed by atoms with E-state index in [2.05, 4.69) is 14.6 Å². The molecule has 3 rings (SSSR count). The summed E-state index contributed by atoms with van der Waals surface area (Å²) in [5.41, 5.74) is 1.08. The molecule has 2 aromatic carbocycles. The second kappa shape index (κ2) is 8.13. The molecule has 0 saturated heterocycles. The van der Waals surface area contributed by atoms with E-state index in [4.69, 9.17) is 4.42 Å². The first-order chi connectivity index (χ1) is 13.0. The molecule has 1 aromatic heterocycles. The maximum Gasteiger partial charge on any atom is 0.284 e. The number of sulfonamides is 1. The van der Waals surface area contributed by atoms with E-state index >= 15 is 0 Å². The summed E-state index contributed by atoms with van der Waals surface area (Å²) in [7, 11) is -3.91. The fourth-order valence-corrected chi connectivity index (χ4v) is 3.52. The third-order valence-corrected chi connectivity index (χ3v) is 5.29. The zero-order valence-corrected chi connectivity index (χ0v) is 15.9. The molecule has 0 saturated carbocycles. The summed E-state index contributed by atoms with van der Waals surface area (Å²) in [6.45, 7) is 5.20. The highest BCUT2D eigenvalue weighted by Gasteiger charge is 2.22. The Morgan fingerprint density at radius 2 is 1.59 bits per heavy atom. The van der Waals surface area contributed by atoms with Gasteiger partial charge in [-0.15, -0.1) is 14.6 Å². The van der Waals surface area contributed by atoms with Gasteiger partial charge < -0.3 is 9.32 Å². The van der Waals surface area contributed by atoms with Gasteiger partial charge in [0.25, 0.3) is 10.0 Å². The lowest BCUT2D eigenvalue weighted by atomic mass is 10.2. The fourth-order valence-electron chi connectivity index (χ4n) is 2.47. The van der Waals surface area contributed by atoms with Gasteiger partial charge in [0.1, 0.15) is 11.2 Å². The van der Waals surface area contributed by atoms with Crippen LogP contribution in [0.5, 0.6) is 0 Å². The molecule has 0 aliphatic rings. The molecular weight excluding hydrogens is 364 g/mol. The smallest absolute Gasteiger partial charge is 0.284 e. The lowest BCUT2D eigenvalue weighted by molar-refractivity contribution is 0.480. The van der Waals surface area contributed by atoms with Crippen molar-refractivity contribution in [2.24, 2.45) is 4.40 Å². The highest BCUT2D eigenvalue weighted by atomic mass is 32.2. The third kappa shape index (κ3) is 4.22. The van der Waals surface area contributed by atoms with Gasteiger partial charge in [-0.3, -0.25) is 0 Å². The van der Waals surface area contributed by atoms with Gasteiger partial charge in [0.2, 0.25) is 11.8 Å². The molecule has 0 fully saturated rings. The van der Waals surface area contributed by atoms with Gasteiger partial charge in [0, 0.05) is 18.7 Å². The van der Waals surface area contributed by atoms with Crippen LogP contribution in [0.1, 0.15) is 13.8 Å². The minimum atomic E-state index is -3.91. The van der Waals surface area contributed by atoms with Gasteiger partial charge in [-0.1, -0.05) is 30.3 Å². The zero-order chi connectivity index (χ0) is 19.3.